The first-order chi connectivity index (χ1) is 20.3. The summed E-state index contributed by atoms with van der Waals surface area (Å²) in [6, 6.07) is 13.7. The lowest BCUT2D eigenvalue weighted by molar-refractivity contribution is -0.114. The van der Waals surface area contributed by atoms with Gasteiger partial charge in [0, 0.05) is 21.7 Å². The highest BCUT2D eigenvalue weighted by Gasteiger charge is 2.64. The molecule has 0 radical (unpaired) electrons. The number of hydrogen-bond donors (Lipinski definition) is 0. The first kappa shape index (κ1) is 30.2. The molecule has 0 unspecified atom stereocenters. The van der Waals surface area contributed by atoms with Crippen LogP contribution in [0.2, 0.25) is 10.0 Å². The Balaban J connectivity index is 1.88. The number of benzene rings is 3. The van der Waals surface area contributed by atoms with Gasteiger partial charge in [-0.05, 0) is 48.2 Å². The van der Waals surface area contributed by atoms with Gasteiger partial charge >= 0.3 is 12.0 Å². The minimum absolute atomic E-state index is 0.0560. The number of rotatable bonds is 5. The molecule has 2 atom stereocenters. The summed E-state index contributed by atoms with van der Waals surface area (Å²) in [6.07, 6.45) is 0.104. The van der Waals surface area contributed by atoms with E-state index in [-0.39, 0.29) is 50.1 Å². The molecule has 2 aliphatic rings. The van der Waals surface area contributed by atoms with Crippen LogP contribution in [0.5, 0.6) is 0 Å². The molecule has 0 N–H and O–H groups in total. The van der Waals surface area contributed by atoms with E-state index in [0.717, 1.165) is 15.9 Å². The number of halogens is 4. The summed E-state index contributed by atoms with van der Waals surface area (Å²) in [4.78, 5) is 42.8. The molecule has 1 fully saturated rings. The number of urea groups is 1. The number of anilines is 1. The first-order valence-corrected chi connectivity index (χ1v) is 13.9. The SMILES string of the molecule is COC(=O)c1cccc(N2C(=O)C3=C(c4cccc(Cl)c4F)[C@@](C#N)(c4ccc(Cl)cc4F)[C@H](CC(C)(C)C)N3C2=O)c1. The largest absolute Gasteiger partial charge is 0.465 e. The van der Waals surface area contributed by atoms with Crippen LogP contribution in [0.3, 0.4) is 0 Å². The zero-order valence-corrected chi connectivity index (χ0v) is 25.1. The van der Waals surface area contributed by atoms with Gasteiger partial charge in [0.2, 0.25) is 0 Å². The molecule has 2 aliphatic heterocycles. The number of ether oxygens (including phenoxy) is 1. The minimum atomic E-state index is -2.05. The van der Waals surface area contributed by atoms with Crippen LogP contribution in [0.15, 0.2) is 66.4 Å². The molecular weight excluding hydrogens is 599 g/mol. The molecule has 1 saturated heterocycles. The lowest BCUT2D eigenvalue weighted by atomic mass is 9.65. The van der Waals surface area contributed by atoms with Gasteiger partial charge in [0.1, 0.15) is 22.7 Å². The summed E-state index contributed by atoms with van der Waals surface area (Å²) >= 11 is 12.2. The Hall–Kier alpha value is -4.26. The van der Waals surface area contributed by atoms with Gasteiger partial charge in [-0.3, -0.25) is 9.69 Å². The average molecular weight is 624 g/mol. The Bertz CT molecular complexity index is 1780. The van der Waals surface area contributed by atoms with E-state index in [1.165, 1.54) is 61.7 Å². The summed E-state index contributed by atoms with van der Waals surface area (Å²) in [6.45, 7) is 5.60. The average Bonchev–Trinajstić information content (AvgIpc) is 3.37. The topological polar surface area (TPSA) is 90.7 Å². The molecule has 43 heavy (non-hydrogen) atoms. The fourth-order valence-corrected chi connectivity index (χ4v) is 6.19. The molecule has 2 heterocycles. The lowest BCUT2D eigenvalue weighted by Crippen LogP contribution is -2.49. The summed E-state index contributed by atoms with van der Waals surface area (Å²) in [7, 11) is 1.20. The standard InChI is InChI=1S/C32H25Cl2F2N3O4/c1-31(2,3)15-24-32(16-37,21-12-11-18(33)14-23(21)35)25(20-9-6-10-22(34)26(20)36)27-28(40)38(30(42)39(24)27)19-8-5-7-17(13-19)29(41)43-4/h5-14,24H,15H2,1-4H3/t24-,32-/m0/s1. The van der Waals surface area contributed by atoms with Crippen LogP contribution in [-0.4, -0.2) is 36.0 Å². The molecule has 11 heteroatoms. The molecular formula is C32H25Cl2F2N3O4. The number of carbonyl (C=O) groups excluding carboxylic acids is 3. The zero-order chi connectivity index (χ0) is 31.4. The number of hydrogen-bond acceptors (Lipinski definition) is 5. The highest BCUT2D eigenvalue weighted by Crippen LogP contribution is 2.57. The molecule has 0 bridgehead atoms. The number of carbonyl (C=O) groups is 3. The predicted octanol–water partition coefficient (Wildman–Crippen LogP) is 7.52. The van der Waals surface area contributed by atoms with Crippen LogP contribution in [0.4, 0.5) is 19.3 Å². The summed E-state index contributed by atoms with van der Waals surface area (Å²) in [5, 5.41) is 10.8. The van der Waals surface area contributed by atoms with Crippen LogP contribution in [0.25, 0.3) is 5.57 Å². The molecule has 0 saturated carbocycles. The number of nitrogens with zero attached hydrogens (tertiary/aromatic N) is 3. The quantitative estimate of drug-likeness (QED) is 0.216. The van der Waals surface area contributed by atoms with Gasteiger partial charge in [-0.2, -0.15) is 5.26 Å². The summed E-state index contributed by atoms with van der Waals surface area (Å²) < 4.78 is 36.5. The number of fused-ring (bicyclic) bond motifs is 1. The van der Waals surface area contributed by atoms with E-state index in [4.69, 9.17) is 27.9 Å². The van der Waals surface area contributed by atoms with Crippen molar-refractivity contribution in [2.45, 2.75) is 38.6 Å². The highest BCUT2D eigenvalue weighted by atomic mass is 35.5. The second-order valence-electron chi connectivity index (χ2n) is 11.5. The molecule has 5 rings (SSSR count). The van der Waals surface area contributed by atoms with Crippen molar-refractivity contribution in [2.75, 3.05) is 12.0 Å². The van der Waals surface area contributed by atoms with E-state index < -0.39 is 46.4 Å². The number of amides is 3. The number of nitriles is 1. The molecule has 0 aromatic heterocycles. The van der Waals surface area contributed by atoms with Gasteiger partial charge in [-0.15, -0.1) is 0 Å². The number of esters is 1. The fraction of sp³-hybridized carbons (Fsp3) is 0.250. The van der Waals surface area contributed by atoms with E-state index in [9.17, 15) is 19.6 Å². The monoisotopic (exact) mass is 623 g/mol. The van der Waals surface area contributed by atoms with Crippen LogP contribution < -0.4 is 4.90 Å². The molecule has 3 aromatic carbocycles. The Kier molecular flexibility index (Phi) is 7.57. The smallest absolute Gasteiger partial charge is 0.337 e. The second kappa shape index (κ2) is 10.8. The van der Waals surface area contributed by atoms with Gasteiger partial charge < -0.3 is 4.74 Å². The number of imide groups is 1. The van der Waals surface area contributed by atoms with Crippen molar-refractivity contribution < 1.29 is 27.9 Å². The summed E-state index contributed by atoms with van der Waals surface area (Å²) in [5.41, 5.74) is -3.37. The van der Waals surface area contributed by atoms with Gasteiger partial charge in [0.25, 0.3) is 5.91 Å². The highest BCUT2D eigenvalue weighted by molar-refractivity contribution is 6.32. The van der Waals surface area contributed by atoms with Crippen molar-refractivity contribution in [3.05, 3.63) is 105 Å². The van der Waals surface area contributed by atoms with E-state index in [1.807, 2.05) is 20.8 Å². The molecule has 0 aliphatic carbocycles. The van der Waals surface area contributed by atoms with Crippen molar-refractivity contribution in [1.29, 1.82) is 5.26 Å². The third-order valence-electron chi connectivity index (χ3n) is 7.57. The maximum atomic E-state index is 15.9. The van der Waals surface area contributed by atoms with Gasteiger partial charge in [-0.25, -0.2) is 23.3 Å². The van der Waals surface area contributed by atoms with Crippen molar-refractivity contribution in [3.8, 4) is 6.07 Å². The maximum absolute atomic E-state index is 15.9. The van der Waals surface area contributed by atoms with Crippen LogP contribution >= 0.6 is 23.2 Å². The van der Waals surface area contributed by atoms with Crippen molar-refractivity contribution in [2.24, 2.45) is 5.41 Å². The second-order valence-corrected chi connectivity index (χ2v) is 12.3. The normalized spacial score (nSPS) is 20.0. The predicted molar refractivity (Wildman–Crippen MR) is 157 cm³/mol. The van der Waals surface area contributed by atoms with Gasteiger partial charge in [0.05, 0.1) is 35.5 Å². The summed E-state index contributed by atoms with van der Waals surface area (Å²) in [5.74, 6) is -3.37. The van der Waals surface area contributed by atoms with Gasteiger partial charge in [0.15, 0.2) is 0 Å². The minimum Gasteiger partial charge on any atom is -0.465 e. The Labute approximate surface area is 256 Å². The van der Waals surface area contributed by atoms with Crippen LogP contribution in [0.1, 0.15) is 48.7 Å². The van der Waals surface area contributed by atoms with Crippen molar-refractivity contribution in [1.82, 2.24) is 4.90 Å². The zero-order valence-electron chi connectivity index (χ0n) is 23.5. The molecule has 3 aromatic rings. The molecule has 220 valence electrons. The van der Waals surface area contributed by atoms with E-state index >= 15 is 8.78 Å². The Morgan fingerprint density at radius 1 is 1.07 bits per heavy atom. The molecule has 7 nitrogen and oxygen atoms in total. The third-order valence-corrected chi connectivity index (χ3v) is 8.10. The van der Waals surface area contributed by atoms with Crippen molar-refractivity contribution >= 4 is 52.4 Å². The Morgan fingerprint density at radius 2 is 1.77 bits per heavy atom. The van der Waals surface area contributed by atoms with Gasteiger partial charge in [-0.1, -0.05) is 68.2 Å². The third kappa shape index (κ3) is 4.75. The van der Waals surface area contributed by atoms with Crippen LogP contribution in [0, 0.1) is 28.4 Å². The fourth-order valence-electron chi connectivity index (χ4n) is 5.86. The van der Waals surface area contributed by atoms with E-state index in [1.54, 1.807) is 0 Å². The maximum Gasteiger partial charge on any atom is 0.337 e. The van der Waals surface area contributed by atoms with Crippen molar-refractivity contribution in [3.63, 3.8) is 0 Å². The first-order valence-electron chi connectivity index (χ1n) is 13.2. The number of methoxy groups -OCH3 is 1. The Morgan fingerprint density at radius 3 is 2.40 bits per heavy atom. The molecule has 0 spiro atoms. The van der Waals surface area contributed by atoms with E-state index in [2.05, 4.69) is 6.07 Å². The lowest BCUT2D eigenvalue weighted by Gasteiger charge is -2.39. The van der Waals surface area contributed by atoms with Crippen LogP contribution in [-0.2, 0) is 14.9 Å². The molecule has 3 amide bonds. The van der Waals surface area contributed by atoms with E-state index in [0.29, 0.717) is 0 Å².